The molecule has 0 amide bonds. The zero-order valence-corrected chi connectivity index (χ0v) is 11.3. The van der Waals surface area contributed by atoms with Crippen LogP contribution in [0.3, 0.4) is 0 Å². The highest BCUT2D eigenvalue weighted by molar-refractivity contribution is 9.10. The minimum atomic E-state index is 0.424. The van der Waals surface area contributed by atoms with E-state index in [9.17, 15) is 0 Å². The third-order valence-corrected chi connectivity index (χ3v) is 3.96. The molecule has 1 saturated heterocycles. The molecule has 0 saturated carbocycles. The van der Waals surface area contributed by atoms with Crippen molar-refractivity contribution >= 4 is 21.7 Å². The predicted octanol–water partition coefficient (Wildman–Crippen LogP) is 2.77. The van der Waals surface area contributed by atoms with Crippen LogP contribution in [-0.2, 0) is 4.74 Å². The maximum absolute atomic E-state index is 5.36. The van der Waals surface area contributed by atoms with Crippen molar-refractivity contribution in [1.82, 2.24) is 4.98 Å². The molecule has 0 radical (unpaired) electrons. The molecule has 3 nitrogen and oxygen atoms in total. The molecule has 0 unspecified atom stereocenters. The number of hydrogen-bond donors (Lipinski definition) is 0. The average molecular weight is 285 g/mol. The number of nitrogens with zero attached hydrogens (tertiary/aromatic N) is 2. The summed E-state index contributed by atoms with van der Waals surface area (Å²) in [4.78, 5) is 6.78. The van der Waals surface area contributed by atoms with E-state index < -0.39 is 0 Å². The highest BCUT2D eigenvalue weighted by atomic mass is 79.9. The number of aryl methyl sites for hydroxylation is 1. The first-order valence-corrected chi connectivity index (χ1v) is 6.40. The fourth-order valence-electron chi connectivity index (χ4n) is 2.02. The Kier molecular flexibility index (Phi) is 3.82. The summed E-state index contributed by atoms with van der Waals surface area (Å²) in [6.07, 6.45) is 4.49. The van der Waals surface area contributed by atoms with Gasteiger partial charge in [0.2, 0.25) is 0 Å². The quantitative estimate of drug-likeness (QED) is 0.835. The SMILES string of the molecule is COC1CCN(c2cc(C)c(Br)cn2)CC1. The highest BCUT2D eigenvalue weighted by Crippen LogP contribution is 2.23. The molecule has 0 N–H and O–H groups in total. The molecular formula is C12H17BrN2O. The van der Waals surface area contributed by atoms with E-state index in [1.807, 2.05) is 6.20 Å². The van der Waals surface area contributed by atoms with Crippen LogP contribution in [0.15, 0.2) is 16.7 Å². The van der Waals surface area contributed by atoms with Gasteiger partial charge in [-0.1, -0.05) is 0 Å². The number of piperidine rings is 1. The van der Waals surface area contributed by atoms with Crippen LogP contribution in [0.4, 0.5) is 5.82 Å². The van der Waals surface area contributed by atoms with Crippen molar-refractivity contribution in [2.24, 2.45) is 0 Å². The molecule has 4 heteroatoms. The van der Waals surface area contributed by atoms with Gasteiger partial charge >= 0.3 is 0 Å². The lowest BCUT2D eigenvalue weighted by Crippen LogP contribution is -2.37. The van der Waals surface area contributed by atoms with E-state index in [0.717, 1.165) is 36.2 Å². The first-order chi connectivity index (χ1) is 7.70. The van der Waals surface area contributed by atoms with Gasteiger partial charge in [-0.2, -0.15) is 0 Å². The van der Waals surface area contributed by atoms with Gasteiger partial charge in [-0.3, -0.25) is 0 Å². The molecule has 0 bridgehead atoms. The predicted molar refractivity (Wildman–Crippen MR) is 68.9 cm³/mol. The molecule has 0 spiro atoms. The van der Waals surface area contributed by atoms with Crippen LogP contribution in [0.25, 0.3) is 0 Å². The molecule has 1 aliphatic rings. The van der Waals surface area contributed by atoms with Crippen LogP contribution in [0, 0.1) is 6.92 Å². The molecule has 2 heterocycles. The Labute approximate surface area is 105 Å². The third kappa shape index (κ3) is 2.55. The second kappa shape index (κ2) is 5.15. The number of rotatable bonds is 2. The summed E-state index contributed by atoms with van der Waals surface area (Å²) >= 11 is 3.47. The fraction of sp³-hybridized carbons (Fsp3) is 0.583. The van der Waals surface area contributed by atoms with E-state index in [1.54, 1.807) is 7.11 Å². The Morgan fingerprint density at radius 3 is 2.69 bits per heavy atom. The first kappa shape index (κ1) is 11.9. The molecule has 0 aliphatic carbocycles. The van der Waals surface area contributed by atoms with Crippen molar-refractivity contribution in [3.8, 4) is 0 Å². The van der Waals surface area contributed by atoms with Gasteiger partial charge in [0.15, 0.2) is 0 Å². The largest absolute Gasteiger partial charge is 0.381 e. The van der Waals surface area contributed by atoms with Crippen LogP contribution in [0.5, 0.6) is 0 Å². The Bertz CT molecular complexity index is 362. The summed E-state index contributed by atoms with van der Waals surface area (Å²) in [7, 11) is 1.79. The summed E-state index contributed by atoms with van der Waals surface area (Å²) in [5, 5.41) is 0. The van der Waals surface area contributed by atoms with E-state index >= 15 is 0 Å². The number of pyridine rings is 1. The van der Waals surface area contributed by atoms with Crippen molar-refractivity contribution < 1.29 is 4.74 Å². The standard InChI is InChI=1S/C12H17BrN2O/c1-9-7-12(14-8-11(9)13)15-5-3-10(16-2)4-6-15/h7-8,10H,3-6H2,1-2H3. The maximum atomic E-state index is 5.36. The number of halogens is 1. The van der Waals surface area contributed by atoms with Crippen molar-refractivity contribution in [3.63, 3.8) is 0 Å². The average Bonchev–Trinajstić information content (AvgIpc) is 2.33. The lowest BCUT2D eigenvalue weighted by atomic mass is 10.1. The summed E-state index contributed by atoms with van der Waals surface area (Å²) in [5.74, 6) is 1.08. The molecule has 0 aromatic carbocycles. The van der Waals surface area contributed by atoms with Gasteiger partial charge in [0.25, 0.3) is 0 Å². The third-order valence-electron chi connectivity index (χ3n) is 3.13. The highest BCUT2D eigenvalue weighted by Gasteiger charge is 2.19. The Morgan fingerprint density at radius 1 is 1.44 bits per heavy atom. The molecular weight excluding hydrogens is 268 g/mol. The molecule has 1 aliphatic heterocycles. The summed E-state index contributed by atoms with van der Waals surface area (Å²) < 4.78 is 6.44. The van der Waals surface area contributed by atoms with Crippen LogP contribution >= 0.6 is 15.9 Å². The monoisotopic (exact) mass is 284 g/mol. The Morgan fingerprint density at radius 2 is 2.12 bits per heavy atom. The summed E-state index contributed by atoms with van der Waals surface area (Å²) in [6, 6.07) is 2.14. The molecule has 0 atom stereocenters. The van der Waals surface area contributed by atoms with Gasteiger partial charge < -0.3 is 9.64 Å². The molecule has 2 rings (SSSR count). The number of methoxy groups -OCH3 is 1. The summed E-state index contributed by atoms with van der Waals surface area (Å²) in [5.41, 5.74) is 1.24. The molecule has 1 aromatic rings. The number of aromatic nitrogens is 1. The van der Waals surface area contributed by atoms with Crippen molar-refractivity contribution in [2.45, 2.75) is 25.9 Å². The molecule has 1 aromatic heterocycles. The van der Waals surface area contributed by atoms with Gasteiger partial charge in [-0.05, 0) is 47.3 Å². The number of ether oxygens (including phenoxy) is 1. The van der Waals surface area contributed by atoms with Gasteiger partial charge in [0.1, 0.15) is 5.82 Å². The summed E-state index contributed by atoms with van der Waals surface area (Å²) in [6.45, 7) is 4.16. The Balaban J connectivity index is 2.05. The van der Waals surface area contributed by atoms with Gasteiger partial charge in [0, 0.05) is 30.9 Å². The molecule has 88 valence electrons. The van der Waals surface area contributed by atoms with Crippen molar-refractivity contribution in [2.75, 3.05) is 25.1 Å². The zero-order valence-electron chi connectivity index (χ0n) is 9.74. The number of anilines is 1. The van der Waals surface area contributed by atoms with Crippen LogP contribution in [-0.4, -0.2) is 31.3 Å². The van der Waals surface area contributed by atoms with Crippen LogP contribution in [0.1, 0.15) is 18.4 Å². The molecule has 1 fully saturated rings. The van der Waals surface area contributed by atoms with Crippen molar-refractivity contribution in [1.29, 1.82) is 0 Å². The van der Waals surface area contributed by atoms with Crippen LogP contribution in [0.2, 0.25) is 0 Å². The normalized spacial score (nSPS) is 17.8. The zero-order chi connectivity index (χ0) is 11.5. The minimum Gasteiger partial charge on any atom is -0.381 e. The lowest BCUT2D eigenvalue weighted by Gasteiger charge is -2.32. The van der Waals surface area contributed by atoms with Crippen LogP contribution < -0.4 is 4.90 Å². The minimum absolute atomic E-state index is 0.424. The van der Waals surface area contributed by atoms with E-state index in [0.29, 0.717) is 6.10 Å². The van der Waals surface area contributed by atoms with Crippen molar-refractivity contribution in [3.05, 3.63) is 22.3 Å². The van der Waals surface area contributed by atoms with E-state index in [2.05, 4.69) is 38.8 Å². The smallest absolute Gasteiger partial charge is 0.128 e. The number of hydrogen-bond acceptors (Lipinski definition) is 3. The van der Waals surface area contributed by atoms with E-state index in [1.165, 1.54) is 5.56 Å². The topological polar surface area (TPSA) is 25.4 Å². The van der Waals surface area contributed by atoms with Gasteiger partial charge in [0.05, 0.1) is 6.10 Å². The van der Waals surface area contributed by atoms with E-state index in [4.69, 9.17) is 4.74 Å². The van der Waals surface area contributed by atoms with Gasteiger partial charge in [-0.15, -0.1) is 0 Å². The van der Waals surface area contributed by atoms with E-state index in [-0.39, 0.29) is 0 Å². The molecule has 16 heavy (non-hydrogen) atoms. The lowest BCUT2D eigenvalue weighted by molar-refractivity contribution is 0.0818. The maximum Gasteiger partial charge on any atom is 0.128 e. The van der Waals surface area contributed by atoms with Gasteiger partial charge in [-0.25, -0.2) is 4.98 Å². The second-order valence-corrected chi connectivity index (χ2v) is 5.07. The fourth-order valence-corrected chi connectivity index (χ4v) is 2.23. The first-order valence-electron chi connectivity index (χ1n) is 5.60. The Hall–Kier alpha value is -0.610. The second-order valence-electron chi connectivity index (χ2n) is 4.21.